The average molecular weight is 268 g/mol. The molecular weight excluding hydrogens is 252 g/mol. The van der Waals surface area contributed by atoms with Crippen molar-refractivity contribution in [3.05, 3.63) is 28.3 Å². The first-order valence-corrected chi connectivity index (χ1v) is 5.87. The van der Waals surface area contributed by atoms with Crippen LogP contribution in [0.5, 0.6) is 5.75 Å². The van der Waals surface area contributed by atoms with Gasteiger partial charge < -0.3 is 14.7 Å². The van der Waals surface area contributed by atoms with E-state index in [1.165, 1.54) is 17.0 Å². The second kappa shape index (κ2) is 6.58. The van der Waals surface area contributed by atoms with Gasteiger partial charge in [-0.2, -0.15) is 0 Å². The maximum absolute atomic E-state index is 10.9. The van der Waals surface area contributed by atoms with Gasteiger partial charge in [0.05, 0.1) is 17.6 Å². The molecule has 0 aliphatic heterocycles. The molecule has 1 rings (SSSR count). The Morgan fingerprint density at radius 3 is 2.58 bits per heavy atom. The van der Waals surface area contributed by atoms with Crippen molar-refractivity contribution in [2.45, 2.75) is 13.8 Å². The summed E-state index contributed by atoms with van der Waals surface area (Å²) in [5.74, 6) is -0.637. The molecule has 0 aliphatic rings. The molecule has 0 unspecified atom stereocenters. The lowest BCUT2D eigenvalue weighted by Crippen LogP contribution is -2.29. The number of hydrogen-bond acceptors (Lipinski definition) is 5. The van der Waals surface area contributed by atoms with Crippen molar-refractivity contribution in [2.75, 3.05) is 24.6 Å². The summed E-state index contributed by atoms with van der Waals surface area (Å²) in [6.45, 7) is 4.14. The molecule has 0 atom stereocenters. The third kappa shape index (κ3) is 4.13. The van der Waals surface area contributed by atoms with Crippen molar-refractivity contribution >= 4 is 17.3 Å². The lowest BCUT2D eigenvalue weighted by molar-refractivity contribution is -0.384. The molecule has 1 aromatic rings. The minimum atomic E-state index is -0.994. The van der Waals surface area contributed by atoms with Crippen LogP contribution in [0.4, 0.5) is 11.4 Å². The molecule has 0 radical (unpaired) electrons. The quantitative estimate of drug-likeness (QED) is 0.599. The van der Waals surface area contributed by atoms with Crippen LogP contribution in [0.2, 0.25) is 0 Å². The largest absolute Gasteiger partial charge is 0.494 e. The fourth-order valence-electron chi connectivity index (χ4n) is 1.65. The number of anilines is 1. The first-order chi connectivity index (χ1) is 8.97. The Morgan fingerprint density at radius 2 is 2.11 bits per heavy atom. The molecule has 1 aromatic carbocycles. The van der Waals surface area contributed by atoms with Crippen LogP contribution < -0.4 is 9.64 Å². The van der Waals surface area contributed by atoms with Crippen LogP contribution in [0, 0.1) is 10.1 Å². The molecule has 0 fully saturated rings. The fraction of sp³-hybridized carbons (Fsp3) is 0.417. The molecule has 0 aromatic heterocycles. The number of ether oxygens (including phenoxy) is 1. The van der Waals surface area contributed by atoms with Crippen LogP contribution in [-0.2, 0) is 4.79 Å². The van der Waals surface area contributed by atoms with E-state index in [1.807, 2.05) is 0 Å². The molecule has 0 spiro atoms. The van der Waals surface area contributed by atoms with Crippen LogP contribution >= 0.6 is 0 Å². The average Bonchev–Trinajstić information content (AvgIpc) is 2.35. The molecule has 0 bridgehead atoms. The molecule has 0 saturated carbocycles. The molecule has 1 N–H and O–H groups in total. The molecule has 19 heavy (non-hydrogen) atoms. The van der Waals surface area contributed by atoms with E-state index in [0.717, 1.165) is 0 Å². The number of nitrogens with zero attached hydrogens (tertiary/aromatic N) is 2. The number of nitro benzene ring substituents is 1. The summed E-state index contributed by atoms with van der Waals surface area (Å²) in [7, 11) is 0. The zero-order valence-corrected chi connectivity index (χ0v) is 10.8. The Morgan fingerprint density at radius 1 is 1.42 bits per heavy atom. The Bertz CT molecular complexity index is 475. The van der Waals surface area contributed by atoms with Crippen LogP contribution in [0.3, 0.4) is 0 Å². The number of benzene rings is 1. The third-order valence-electron chi connectivity index (χ3n) is 2.47. The molecule has 0 saturated heterocycles. The zero-order chi connectivity index (χ0) is 14.4. The molecule has 7 heteroatoms. The van der Waals surface area contributed by atoms with Gasteiger partial charge in [-0.15, -0.1) is 0 Å². The van der Waals surface area contributed by atoms with Gasteiger partial charge in [0.25, 0.3) is 5.69 Å². The number of non-ortho nitro benzene ring substituents is 1. The lowest BCUT2D eigenvalue weighted by atomic mass is 10.2. The van der Waals surface area contributed by atoms with E-state index < -0.39 is 10.9 Å². The molecule has 7 nitrogen and oxygen atoms in total. The Hall–Kier alpha value is -2.31. The summed E-state index contributed by atoms with van der Waals surface area (Å²) in [6, 6.07) is 4.26. The lowest BCUT2D eigenvalue weighted by Gasteiger charge is -2.21. The van der Waals surface area contributed by atoms with E-state index in [0.29, 0.717) is 24.6 Å². The summed E-state index contributed by atoms with van der Waals surface area (Å²) in [5, 5.41) is 19.7. The SMILES string of the molecule is CCOc1cc(N(CC)CC(=O)O)cc([N+](=O)[O-])c1. The Labute approximate surface area is 110 Å². The standard InChI is InChI=1S/C12H16N2O5/c1-3-13(8-12(15)16)9-5-10(14(17)18)7-11(6-9)19-4-2/h5-7H,3-4,8H2,1-2H3,(H,15,16). The van der Waals surface area contributed by atoms with E-state index in [4.69, 9.17) is 9.84 Å². The summed E-state index contributed by atoms with van der Waals surface area (Å²) in [4.78, 5) is 22.6. The second-order valence-electron chi connectivity index (χ2n) is 3.78. The van der Waals surface area contributed by atoms with E-state index >= 15 is 0 Å². The minimum absolute atomic E-state index is 0.121. The predicted molar refractivity (Wildman–Crippen MR) is 69.8 cm³/mol. The van der Waals surface area contributed by atoms with E-state index in [2.05, 4.69) is 0 Å². The maximum atomic E-state index is 10.9. The topological polar surface area (TPSA) is 92.9 Å². The van der Waals surface area contributed by atoms with Crippen LogP contribution in [0.15, 0.2) is 18.2 Å². The fourth-order valence-corrected chi connectivity index (χ4v) is 1.65. The zero-order valence-electron chi connectivity index (χ0n) is 10.8. The molecule has 104 valence electrons. The number of rotatable bonds is 7. The van der Waals surface area contributed by atoms with Crippen molar-refractivity contribution in [1.82, 2.24) is 0 Å². The van der Waals surface area contributed by atoms with E-state index in [-0.39, 0.29) is 12.2 Å². The van der Waals surface area contributed by atoms with Crippen LogP contribution in [0.25, 0.3) is 0 Å². The molecule has 0 aliphatic carbocycles. The summed E-state index contributed by atoms with van der Waals surface area (Å²) in [6.07, 6.45) is 0. The number of aliphatic carboxylic acids is 1. The monoisotopic (exact) mass is 268 g/mol. The number of carbonyl (C=O) groups is 1. The van der Waals surface area contributed by atoms with Crippen molar-refractivity contribution < 1.29 is 19.6 Å². The van der Waals surface area contributed by atoms with Crippen molar-refractivity contribution in [3.8, 4) is 5.75 Å². The highest BCUT2D eigenvalue weighted by atomic mass is 16.6. The van der Waals surface area contributed by atoms with Gasteiger partial charge in [-0.05, 0) is 13.8 Å². The van der Waals surface area contributed by atoms with E-state index in [1.54, 1.807) is 19.9 Å². The third-order valence-corrected chi connectivity index (χ3v) is 2.47. The molecular formula is C12H16N2O5. The van der Waals surface area contributed by atoms with Gasteiger partial charge in [-0.1, -0.05) is 0 Å². The van der Waals surface area contributed by atoms with Crippen molar-refractivity contribution in [3.63, 3.8) is 0 Å². The summed E-state index contributed by atoms with van der Waals surface area (Å²) in [5.41, 5.74) is 0.340. The maximum Gasteiger partial charge on any atom is 0.323 e. The smallest absolute Gasteiger partial charge is 0.323 e. The molecule has 0 amide bonds. The van der Waals surface area contributed by atoms with Crippen molar-refractivity contribution in [1.29, 1.82) is 0 Å². The van der Waals surface area contributed by atoms with Gasteiger partial charge in [0.15, 0.2) is 0 Å². The highest BCUT2D eigenvalue weighted by Gasteiger charge is 2.15. The first-order valence-electron chi connectivity index (χ1n) is 5.87. The predicted octanol–water partition coefficient (Wildman–Crippen LogP) is 1.90. The summed E-state index contributed by atoms with van der Waals surface area (Å²) >= 11 is 0. The van der Waals surface area contributed by atoms with Crippen LogP contribution in [-0.4, -0.2) is 35.7 Å². The van der Waals surface area contributed by atoms with Crippen LogP contribution in [0.1, 0.15) is 13.8 Å². The number of hydrogen-bond donors (Lipinski definition) is 1. The number of carboxylic acid groups (broad SMARTS) is 1. The highest BCUT2D eigenvalue weighted by molar-refractivity contribution is 5.74. The highest BCUT2D eigenvalue weighted by Crippen LogP contribution is 2.28. The Kier molecular flexibility index (Phi) is 5.11. The Balaban J connectivity index is 3.16. The van der Waals surface area contributed by atoms with Gasteiger partial charge in [0.2, 0.25) is 0 Å². The summed E-state index contributed by atoms with van der Waals surface area (Å²) < 4.78 is 5.26. The number of nitro groups is 1. The first kappa shape index (κ1) is 14.7. The minimum Gasteiger partial charge on any atom is -0.494 e. The van der Waals surface area contributed by atoms with Gasteiger partial charge in [-0.25, -0.2) is 0 Å². The molecule has 0 heterocycles. The van der Waals surface area contributed by atoms with Gasteiger partial charge >= 0.3 is 5.97 Å². The normalized spacial score (nSPS) is 10.0. The van der Waals surface area contributed by atoms with Crippen molar-refractivity contribution in [2.24, 2.45) is 0 Å². The number of likely N-dealkylation sites (N-methyl/N-ethyl adjacent to an activating group) is 1. The van der Waals surface area contributed by atoms with Gasteiger partial charge in [-0.3, -0.25) is 14.9 Å². The van der Waals surface area contributed by atoms with Gasteiger partial charge in [0, 0.05) is 24.4 Å². The second-order valence-corrected chi connectivity index (χ2v) is 3.78. The van der Waals surface area contributed by atoms with E-state index in [9.17, 15) is 14.9 Å². The van der Waals surface area contributed by atoms with Gasteiger partial charge in [0.1, 0.15) is 12.3 Å². The number of carboxylic acids is 1.